The molecular weight excluding hydrogens is 448 g/mol. The van der Waals surface area contributed by atoms with E-state index in [1.165, 1.54) is 30.5 Å². The van der Waals surface area contributed by atoms with Crippen molar-refractivity contribution in [3.8, 4) is 5.75 Å². The maximum atomic E-state index is 13.2. The van der Waals surface area contributed by atoms with Crippen molar-refractivity contribution in [1.82, 2.24) is 9.88 Å². The number of hydrogen-bond donors (Lipinski definition) is 0. The van der Waals surface area contributed by atoms with Crippen LogP contribution in [0.2, 0.25) is 0 Å². The number of carbonyl (C=O) groups excluding carboxylic acids is 2. The van der Waals surface area contributed by atoms with Crippen molar-refractivity contribution in [2.75, 3.05) is 33.4 Å². The summed E-state index contributed by atoms with van der Waals surface area (Å²) < 4.78 is 68.4. The topological polar surface area (TPSA) is 78.0 Å². The Labute approximate surface area is 186 Å². The minimum absolute atomic E-state index is 0.0516. The van der Waals surface area contributed by atoms with E-state index in [4.69, 9.17) is 9.47 Å². The van der Waals surface area contributed by atoms with E-state index in [-0.39, 0.29) is 37.4 Å². The SMILES string of the molecule is COC(=O)c1cncc(OCC2CN(C(=O)/C=C/c3ccc(F)cc3C(F)(F)F)CCO2)c1. The summed E-state index contributed by atoms with van der Waals surface area (Å²) in [6.45, 7) is 0.645. The minimum atomic E-state index is -4.76. The molecule has 1 aromatic heterocycles. The number of esters is 1. The number of ether oxygens (including phenoxy) is 3. The van der Waals surface area contributed by atoms with Gasteiger partial charge in [-0.2, -0.15) is 13.2 Å². The molecule has 0 N–H and O–H groups in total. The molecule has 1 fully saturated rings. The Morgan fingerprint density at radius 3 is 2.79 bits per heavy atom. The lowest BCUT2D eigenvalue weighted by Crippen LogP contribution is -2.47. The van der Waals surface area contributed by atoms with Crippen LogP contribution in [0.3, 0.4) is 0 Å². The van der Waals surface area contributed by atoms with Crippen LogP contribution < -0.4 is 4.74 Å². The highest BCUT2D eigenvalue weighted by atomic mass is 19.4. The molecule has 176 valence electrons. The van der Waals surface area contributed by atoms with Gasteiger partial charge in [-0.1, -0.05) is 6.07 Å². The zero-order valence-corrected chi connectivity index (χ0v) is 17.5. The predicted molar refractivity (Wildman–Crippen MR) is 108 cm³/mol. The molecule has 0 bridgehead atoms. The number of morpholine rings is 1. The fourth-order valence-electron chi connectivity index (χ4n) is 3.12. The number of hydrogen-bond acceptors (Lipinski definition) is 6. The first kappa shape index (κ1) is 24.2. The summed E-state index contributed by atoms with van der Waals surface area (Å²) in [5.74, 6) is -1.80. The van der Waals surface area contributed by atoms with Crippen molar-refractivity contribution in [3.05, 3.63) is 65.2 Å². The number of methoxy groups -OCH3 is 1. The Morgan fingerprint density at radius 1 is 1.27 bits per heavy atom. The van der Waals surface area contributed by atoms with Gasteiger partial charge in [0.25, 0.3) is 0 Å². The lowest BCUT2D eigenvalue weighted by molar-refractivity contribution is -0.138. The lowest BCUT2D eigenvalue weighted by Gasteiger charge is -2.32. The number of rotatable bonds is 6. The van der Waals surface area contributed by atoms with E-state index in [0.717, 1.165) is 24.3 Å². The van der Waals surface area contributed by atoms with Crippen LogP contribution in [0.1, 0.15) is 21.5 Å². The largest absolute Gasteiger partial charge is 0.489 e. The average Bonchev–Trinajstić information content (AvgIpc) is 2.81. The maximum absolute atomic E-state index is 13.2. The van der Waals surface area contributed by atoms with Gasteiger partial charge in [-0.25, -0.2) is 9.18 Å². The van der Waals surface area contributed by atoms with Crippen LogP contribution in [0, 0.1) is 5.82 Å². The van der Waals surface area contributed by atoms with Crippen molar-refractivity contribution in [2.45, 2.75) is 12.3 Å². The number of carbonyl (C=O) groups is 2. The third-order valence-corrected chi connectivity index (χ3v) is 4.75. The third kappa shape index (κ3) is 6.51. The number of nitrogens with zero attached hydrogens (tertiary/aromatic N) is 2. The fourth-order valence-corrected chi connectivity index (χ4v) is 3.12. The molecule has 7 nitrogen and oxygen atoms in total. The second-order valence-corrected chi connectivity index (χ2v) is 7.05. The maximum Gasteiger partial charge on any atom is 0.417 e. The van der Waals surface area contributed by atoms with Gasteiger partial charge in [-0.15, -0.1) is 0 Å². The number of amides is 1. The normalized spacial score (nSPS) is 16.6. The van der Waals surface area contributed by atoms with Crippen LogP contribution in [-0.2, 0) is 20.4 Å². The van der Waals surface area contributed by atoms with Crippen LogP contribution in [-0.4, -0.2) is 61.3 Å². The summed E-state index contributed by atoms with van der Waals surface area (Å²) in [6, 6.07) is 3.70. The van der Waals surface area contributed by atoms with Crippen molar-refractivity contribution in [3.63, 3.8) is 0 Å². The Bertz CT molecular complexity index is 1040. The molecule has 0 radical (unpaired) electrons. The molecular formula is C22H20F4N2O5. The third-order valence-electron chi connectivity index (χ3n) is 4.75. The molecule has 0 saturated carbocycles. The summed E-state index contributed by atoms with van der Waals surface area (Å²) in [6.07, 6.45) is -0.512. The molecule has 0 spiro atoms. The molecule has 1 unspecified atom stereocenters. The summed E-state index contributed by atoms with van der Waals surface area (Å²) >= 11 is 0. The van der Waals surface area contributed by atoms with Crippen LogP contribution in [0.4, 0.5) is 17.6 Å². The Balaban J connectivity index is 1.61. The smallest absolute Gasteiger partial charge is 0.417 e. The fraction of sp³-hybridized carbons (Fsp3) is 0.318. The van der Waals surface area contributed by atoms with Gasteiger partial charge in [-0.3, -0.25) is 9.78 Å². The van der Waals surface area contributed by atoms with Crippen molar-refractivity contribution >= 4 is 18.0 Å². The van der Waals surface area contributed by atoms with E-state index in [2.05, 4.69) is 9.72 Å². The number of aromatic nitrogens is 1. The van der Waals surface area contributed by atoms with Crippen LogP contribution in [0.5, 0.6) is 5.75 Å². The molecule has 11 heteroatoms. The van der Waals surface area contributed by atoms with E-state index in [9.17, 15) is 27.2 Å². The molecule has 2 aromatic rings. The first-order valence-electron chi connectivity index (χ1n) is 9.79. The lowest BCUT2D eigenvalue weighted by atomic mass is 10.1. The summed E-state index contributed by atoms with van der Waals surface area (Å²) in [4.78, 5) is 29.4. The first-order chi connectivity index (χ1) is 15.7. The molecule has 1 aromatic carbocycles. The van der Waals surface area contributed by atoms with E-state index in [1.54, 1.807) is 0 Å². The van der Waals surface area contributed by atoms with Gasteiger partial charge in [0.2, 0.25) is 5.91 Å². The van der Waals surface area contributed by atoms with E-state index < -0.39 is 35.5 Å². The number of alkyl halides is 3. The zero-order chi connectivity index (χ0) is 24.0. The van der Waals surface area contributed by atoms with Crippen LogP contribution in [0.25, 0.3) is 6.08 Å². The standard InChI is InChI=1S/C22H20F4N2O5/c1-31-21(30)15-8-17(11-27-10-15)33-13-18-12-28(6-7-32-18)20(29)5-3-14-2-4-16(23)9-19(14)22(24,25)26/h2-5,8-11,18H,6-7,12-13H2,1H3/b5-3+. The van der Waals surface area contributed by atoms with E-state index in [0.29, 0.717) is 11.8 Å². The van der Waals surface area contributed by atoms with E-state index in [1.807, 2.05) is 0 Å². The molecule has 2 heterocycles. The highest BCUT2D eigenvalue weighted by Crippen LogP contribution is 2.33. The second kappa shape index (κ2) is 10.4. The Hall–Kier alpha value is -3.47. The van der Waals surface area contributed by atoms with Gasteiger partial charge < -0.3 is 19.1 Å². The van der Waals surface area contributed by atoms with Crippen LogP contribution in [0.15, 0.2) is 42.7 Å². The summed E-state index contributed by atoms with van der Waals surface area (Å²) in [5.41, 5.74) is -1.27. The number of pyridine rings is 1. The van der Waals surface area contributed by atoms with Crippen LogP contribution >= 0.6 is 0 Å². The summed E-state index contributed by atoms with van der Waals surface area (Å²) in [5, 5.41) is 0. The van der Waals surface area contributed by atoms with Gasteiger partial charge >= 0.3 is 12.1 Å². The predicted octanol–water partition coefficient (Wildman–Crippen LogP) is 3.35. The van der Waals surface area contributed by atoms with E-state index >= 15 is 0 Å². The summed E-state index contributed by atoms with van der Waals surface area (Å²) in [7, 11) is 1.24. The van der Waals surface area contributed by atoms with Gasteiger partial charge in [0.05, 0.1) is 37.6 Å². The second-order valence-electron chi connectivity index (χ2n) is 7.05. The quantitative estimate of drug-likeness (QED) is 0.368. The molecule has 33 heavy (non-hydrogen) atoms. The highest BCUT2D eigenvalue weighted by Gasteiger charge is 2.33. The minimum Gasteiger partial charge on any atom is -0.489 e. The zero-order valence-electron chi connectivity index (χ0n) is 17.5. The van der Waals surface area contributed by atoms with Crippen molar-refractivity contribution < 1.29 is 41.4 Å². The Kier molecular flexibility index (Phi) is 7.64. The molecule has 1 amide bonds. The number of benzene rings is 1. The first-order valence-corrected chi connectivity index (χ1v) is 9.79. The van der Waals surface area contributed by atoms with Gasteiger partial charge in [-0.05, 0) is 29.8 Å². The number of halogens is 4. The molecule has 3 rings (SSSR count). The Morgan fingerprint density at radius 2 is 2.06 bits per heavy atom. The van der Waals surface area contributed by atoms with Gasteiger partial charge in [0.15, 0.2) is 0 Å². The van der Waals surface area contributed by atoms with Gasteiger partial charge in [0, 0.05) is 18.8 Å². The average molecular weight is 468 g/mol. The molecule has 1 aliphatic rings. The van der Waals surface area contributed by atoms with Crippen molar-refractivity contribution in [1.29, 1.82) is 0 Å². The molecule has 0 aliphatic carbocycles. The molecule has 1 atom stereocenters. The monoisotopic (exact) mass is 468 g/mol. The molecule has 1 aliphatic heterocycles. The highest BCUT2D eigenvalue weighted by molar-refractivity contribution is 5.92. The molecule has 1 saturated heterocycles. The van der Waals surface area contributed by atoms with Crippen molar-refractivity contribution in [2.24, 2.45) is 0 Å². The van der Waals surface area contributed by atoms with Gasteiger partial charge in [0.1, 0.15) is 24.3 Å².